The first kappa shape index (κ1) is 13.3. The van der Waals surface area contributed by atoms with Gasteiger partial charge in [0.15, 0.2) is 34.8 Å². The number of rotatable bonds is 1. The number of halogens is 6. The molecule has 0 heterocycles. The van der Waals surface area contributed by atoms with Crippen molar-refractivity contribution in [1.29, 1.82) is 0 Å². The Labute approximate surface area is 102 Å². The van der Waals surface area contributed by atoms with Crippen LogP contribution in [0.25, 0.3) is 11.1 Å². The fraction of sp³-hybridized carbons (Fsp3) is 0. The van der Waals surface area contributed by atoms with E-state index < -0.39 is 51.8 Å². The van der Waals surface area contributed by atoms with Crippen molar-refractivity contribution in [1.82, 2.24) is 0 Å². The Morgan fingerprint density at radius 3 is 1.63 bits per heavy atom. The number of phenolic OH excluding ortho intramolecular Hbond substituents is 1. The van der Waals surface area contributed by atoms with E-state index in [-0.39, 0.29) is 0 Å². The van der Waals surface area contributed by atoms with Crippen LogP contribution >= 0.6 is 0 Å². The molecule has 2 rings (SSSR count). The molecule has 2 aromatic carbocycles. The molecule has 19 heavy (non-hydrogen) atoms. The second kappa shape index (κ2) is 4.49. The topological polar surface area (TPSA) is 20.2 Å². The maximum Gasteiger partial charge on any atom is 0.200 e. The number of phenols is 1. The van der Waals surface area contributed by atoms with E-state index in [0.29, 0.717) is 12.1 Å². The number of aromatic hydroxyl groups is 1. The zero-order chi connectivity index (χ0) is 14.3. The van der Waals surface area contributed by atoms with Crippen molar-refractivity contribution in [3.63, 3.8) is 0 Å². The van der Waals surface area contributed by atoms with Crippen LogP contribution in [-0.2, 0) is 0 Å². The van der Waals surface area contributed by atoms with Gasteiger partial charge in [0.2, 0.25) is 5.82 Å². The normalized spacial score (nSPS) is 10.8. The molecule has 0 aliphatic carbocycles. The van der Waals surface area contributed by atoms with Crippen molar-refractivity contribution in [3.05, 3.63) is 53.1 Å². The minimum atomic E-state index is -2.29. The molecule has 0 saturated carbocycles. The average molecular weight is 278 g/mol. The molecule has 0 bridgehead atoms. The molecule has 0 spiro atoms. The Hall–Kier alpha value is -2.18. The van der Waals surface area contributed by atoms with E-state index in [0.717, 1.165) is 6.07 Å². The molecular weight excluding hydrogens is 274 g/mol. The molecule has 0 unspecified atom stereocenters. The summed E-state index contributed by atoms with van der Waals surface area (Å²) in [5.74, 6) is -12.7. The van der Waals surface area contributed by atoms with Gasteiger partial charge in [0.1, 0.15) is 0 Å². The fourth-order valence-corrected chi connectivity index (χ4v) is 1.53. The molecule has 0 amide bonds. The summed E-state index contributed by atoms with van der Waals surface area (Å²) in [5, 5.41) is 9.05. The van der Waals surface area contributed by atoms with Crippen molar-refractivity contribution in [2.24, 2.45) is 0 Å². The van der Waals surface area contributed by atoms with Gasteiger partial charge in [0.05, 0.1) is 5.56 Å². The zero-order valence-corrected chi connectivity index (χ0v) is 8.95. The quantitative estimate of drug-likeness (QED) is 0.476. The van der Waals surface area contributed by atoms with Crippen LogP contribution in [0.15, 0.2) is 18.2 Å². The Balaban J connectivity index is 2.79. The van der Waals surface area contributed by atoms with E-state index >= 15 is 0 Å². The van der Waals surface area contributed by atoms with Gasteiger partial charge in [-0.3, -0.25) is 0 Å². The predicted octanol–water partition coefficient (Wildman–Crippen LogP) is 3.89. The molecule has 0 radical (unpaired) electrons. The Bertz CT molecular complexity index is 639. The van der Waals surface area contributed by atoms with Gasteiger partial charge in [-0.2, -0.15) is 0 Å². The molecule has 2 aromatic rings. The Kier molecular flexibility index (Phi) is 3.13. The molecule has 0 atom stereocenters. The molecule has 7 heteroatoms. The summed E-state index contributed by atoms with van der Waals surface area (Å²) in [6, 6.07) is 1.99. The molecule has 0 saturated heterocycles. The fourth-order valence-electron chi connectivity index (χ4n) is 1.53. The van der Waals surface area contributed by atoms with Gasteiger partial charge in [-0.05, 0) is 17.7 Å². The molecule has 0 aliphatic rings. The summed E-state index contributed by atoms with van der Waals surface area (Å²) in [6.07, 6.45) is 0. The summed E-state index contributed by atoms with van der Waals surface area (Å²) in [5.41, 5.74) is -1.77. The highest BCUT2D eigenvalue weighted by Crippen LogP contribution is 2.33. The third-order valence-corrected chi connectivity index (χ3v) is 2.44. The monoisotopic (exact) mass is 278 g/mol. The third kappa shape index (κ3) is 2.00. The second-order valence-corrected chi connectivity index (χ2v) is 3.61. The van der Waals surface area contributed by atoms with Crippen LogP contribution in [0.3, 0.4) is 0 Å². The lowest BCUT2D eigenvalue weighted by atomic mass is 10.0. The standard InChI is InChI=1S/C12H4F6O/c13-5-2-1-4(3-6(5)19)7-8(14)10(16)12(18)11(17)9(7)15/h1-3,19H. The van der Waals surface area contributed by atoms with Crippen LogP contribution in [0, 0.1) is 34.9 Å². The van der Waals surface area contributed by atoms with Crippen LogP contribution in [0.4, 0.5) is 26.3 Å². The summed E-state index contributed by atoms with van der Waals surface area (Å²) >= 11 is 0. The summed E-state index contributed by atoms with van der Waals surface area (Å²) < 4.78 is 78.4. The number of benzene rings is 2. The van der Waals surface area contributed by atoms with Crippen LogP contribution in [0.5, 0.6) is 5.75 Å². The van der Waals surface area contributed by atoms with Gasteiger partial charge in [0, 0.05) is 0 Å². The molecular formula is C12H4F6O. The van der Waals surface area contributed by atoms with E-state index in [4.69, 9.17) is 5.11 Å². The van der Waals surface area contributed by atoms with Gasteiger partial charge in [0.25, 0.3) is 0 Å². The largest absolute Gasteiger partial charge is 0.505 e. The minimum absolute atomic E-state index is 0.535. The summed E-state index contributed by atoms with van der Waals surface area (Å²) in [6.45, 7) is 0. The smallest absolute Gasteiger partial charge is 0.200 e. The Morgan fingerprint density at radius 1 is 0.684 bits per heavy atom. The lowest BCUT2D eigenvalue weighted by molar-refractivity contribution is 0.381. The van der Waals surface area contributed by atoms with Gasteiger partial charge in [-0.25, -0.2) is 26.3 Å². The van der Waals surface area contributed by atoms with Crippen LogP contribution in [-0.4, -0.2) is 5.11 Å². The minimum Gasteiger partial charge on any atom is -0.505 e. The van der Waals surface area contributed by atoms with Crippen molar-refractivity contribution in [2.75, 3.05) is 0 Å². The molecule has 0 aliphatic heterocycles. The molecule has 1 N–H and O–H groups in total. The predicted molar refractivity (Wildman–Crippen MR) is 53.3 cm³/mol. The van der Waals surface area contributed by atoms with Crippen molar-refractivity contribution in [3.8, 4) is 16.9 Å². The highest BCUT2D eigenvalue weighted by Gasteiger charge is 2.26. The van der Waals surface area contributed by atoms with Crippen molar-refractivity contribution >= 4 is 0 Å². The Morgan fingerprint density at radius 2 is 1.16 bits per heavy atom. The maximum atomic E-state index is 13.4. The van der Waals surface area contributed by atoms with Crippen molar-refractivity contribution in [2.45, 2.75) is 0 Å². The number of hydrogen-bond acceptors (Lipinski definition) is 1. The van der Waals surface area contributed by atoms with Gasteiger partial charge in [-0.15, -0.1) is 0 Å². The van der Waals surface area contributed by atoms with Crippen LogP contribution in [0.2, 0.25) is 0 Å². The average Bonchev–Trinajstić information content (AvgIpc) is 2.38. The zero-order valence-electron chi connectivity index (χ0n) is 8.95. The third-order valence-electron chi connectivity index (χ3n) is 2.44. The first-order chi connectivity index (χ1) is 8.84. The van der Waals surface area contributed by atoms with Crippen LogP contribution < -0.4 is 0 Å². The first-order valence-corrected chi connectivity index (χ1v) is 4.85. The molecule has 0 aromatic heterocycles. The SMILES string of the molecule is Oc1cc(-c2c(F)c(F)c(F)c(F)c2F)ccc1F. The van der Waals surface area contributed by atoms with Gasteiger partial charge >= 0.3 is 0 Å². The molecule has 1 nitrogen and oxygen atoms in total. The molecule has 0 fully saturated rings. The highest BCUT2D eigenvalue weighted by molar-refractivity contribution is 5.66. The summed E-state index contributed by atoms with van der Waals surface area (Å²) in [7, 11) is 0. The highest BCUT2D eigenvalue weighted by atomic mass is 19.2. The van der Waals surface area contributed by atoms with Crippen molar-refractivity contribution < 1.29 is 31.4 Å². The van der Waals surface area contributed by atoms with E-state index in [1.807, 2.05) is 0 Å². The maximum absolute atomic E-state index is 13.4. The van der Waals surface area contributed by atoms with Gasteiger partial charge in [-0.1, -0.05) is 6.07 Å². The van der Waals surface area contributed by atoms with Crippen LogP contribution in [0.1, 0.15) is 0 Å². The summed E-state index contributed by atoms with van der Waals surface area (Å²) in [4.78, 5) is 0. The second-order valence-electron chi connectivity index (χ2n) is 3.61. The lowest BCUT2D eigenvalue weighted by Crippen LogP contribution is -2.04. The first-order valence-electron chi connectivity index (χ1n) is 4.85. The van der Waals surface area contributed by atoms with Gasteiger partial charge < -0.3 is 5.11 Å². The van der Waals surface area contributed by atoms with E-state index in [1.165, 1.54) is 0 Å². The number of hydrogen-bond donors (Lipinski definition) is 1. The van der Waals surface area contributed by atoms with E-state index in [9.17, 15) is 26.3 Å². The lowest BCUT2D eigenvalue weighted by Gasteiger charge is -2.08. The van der Waals surface area contributed by atoms with E-state index in [2.05, 4.69) is 0 Å². The van der Waals surface area contributed by atoms with E-state index in [1.54, 1.807) is 0 Å². The molecule has 100 valence electrons.